The number of esters is 1. The van der Waals surface area contributed by atoms with Gasteiger partial charge in [-0.25, -0.2) is 18.6 Å². The minimum atomic E-state index is -0.903. The molecule has 22 heavy (non-hydrogen) atoms. The Morgan fingerprint density at radius 1 is 1.18 bits per heavy atom. The van der Waals surface area contributed by atoms with Crippen molar-refractivity contribution < 1.29 is 23.0 Å². The lowest BCUT2D eigenvalue weighted by atomic mass is 10.1. The van der Waals surface area contributed by atoms with Gasteiger partial charge in [0.1, 0.15) is 5.69 Å². The zero-order valence-corrected chi connectivity index (χ0v) is 12.9. The molecule has 0 aliphatic heterocycles. The first-order valence-corrected chi connectivity index (χ1v) is 6.63. The molecule has 0 bridgehead atoms. The summed E-state index contributed by atoms with van der Waals surface area (Å²) in [6.07, 6.45) is 0. The fourth-order valence-electron chi connectivity index (χ4n) is 1.80. The summed E-state index contributed by atoms with van der Waals surface area (Å²) in [5, 5.41) is -0.222. The van der Waals surface area contributed by atoms with Gasteiger partial charge >= 0.3 is 5.97 Å². The molecule has 0 radical (unpaired) electrons. The molecule has 0 saturated heterocycles. The van der Waals surface area contributed by atoms with Gasteiger partial charge in [-0.15, -0.1) is 0 Å². The largest absolute Gasteiger partial charge is 0.492 e. The van der Waals surface area contributed by atoms with Gasteiger partial charge in [-0.2, -0.15) is 0 Å². The molecule has 0 amide bonds. The molecule has 1 aromatic carbocycles. The van der Waals surface area contributed by atoms with E-state index in [1.807, 2.05) is 0 Å². The molecule has 116 valence electrons. The lowest BCUT2D eigenvalue weighted by molar-refractivity contribution is 0.0594. The van der Waals surface area contributed by atoms with Crippen molar-refractivity contribution in [2.24, 2.45) is 0 Å². The van der Waals surface area contributed by atoms with Crippen LogP contribution in [0.25, 0.3) is 11.3 Å². The number of methoxy groups -OCH3 is 2. The molecule has 0 fully saturated rings. The Kier molecular flexibility index (Phi) is 4.83. The van der Waals surface area contributed by atoms with Gasteiger partial charge in [0.05, 0.1) is 24.3 Å². The van der Waals surface area contributed by atoms with E-state index < -0.39 is 23.3 Å². The summed E-state index contributed by atoms with van der Waals surface area (Å²) in [4.78, 5) is 15.3. The Morgan fingerprint density at radius 2 is 1.86 bits per heavy atom. The van der Waals surface area contributed by atoms with Gasteiger partial charge in [-0.1, -0.05) is 23.2 Å². The van der Waals surface area contributed by atoms with Crippen LogP contribution >= 0.6 is 23.2 Å². The SMILES string of the molecule is COC(=O)c1nc(-c2ccc(Cl)c(OC)c2F)c(F)cc1Cl. The zero-order chi connectivity index (χ0) is 16.4. The summed E-state index contributed by atoms with van der Waals surface area (Å²) < 4.78 is 37.7. The van der Waals surface area contributed by atoms with Crippen molar-refractivity contribution >= 4 is 29.2 Å². The first-order chi connectivity index (χ1) is 10.4. The number of benzene rings is 1. The second-order valence-corrected chi connectivity index (χ2v) is 4.90. The third-order valence-corrected chi connectivity index (χ3v) is 3.40. The van der Waals surface area contributed by atoms with Crippen LogP contribution < -0.4 is 4.74 Å². The monoisotopic (exact) mass is 347 g/mol. The number of hydrogen-bond acceptors (Lipinski definition) is 4. The topological polar surface area (TPSA) is 48.4 Å². The predicted molar refractivity (Wildman–Crippen MR) is 77.5 cm³/mol. The molecule has 1 aromatic heterocycles. The van der Waals surface area contributed by atoms with Crippen LogP contribution in [0, 0.1) is 11.6 Å². The average Bonchev–Trinajstić information content (AvgIpc) is 2.48. The minimum Gasteiger partial charge on any atom is -0.492 e. The van der Waals surface area contributed by atoms with E-state index in [1.165, 1.54) is 19.2 Å². The van der Waals surface area contributed by atoms with Gasteiger partial charge in [0.15, 0.2) is 23.1 Å². The fourth-order valence-corrected chi connectivity index (χ4v) is 2.24. The summed E-state index contributed by atoms with van der Waals surface area (Å²) >= 11 is 11.5. The van der Waals surface area contributed by atoms with Gasteiger partial charge in [0.2, 0.25) is 0 Å². The van der Waals surface area contributed by atoms with E-state index in [0.29, 0.717) is 0 Å². The van der Waals surface area contributed by atoms with Crippen molar-refractivity contribution in [1.82, 2.24) is 4.98 Å². The highest BCUT2D eigenvalue weighted by atomic mass is 35.5. The van der Waals surface area contributed by atoms with Gasteiger partial charge in [0.25, 0.3) is 0 Å². The lowest BCUT2D eigenvalue weighted by Gasteiger charge is -2.11. The number of pyridine rings is 1. The van der Waals surface area contributed by atoms with Crippen LogP contribution in [0.15, 0.2) is 18.2 Å². The fraction of sp³-hybridized carbons (Fsp3) is 0.143. The highest BCUT2D eigenvalue weighted by molar-refractivity contribution is 6.33. The first-order valence-electron chi connectivity index (χ1n) is 5.87. The van der Waals surface area contributed by atoms with E-state index in [0.717, 1.165) is 13.2 Å². The van der Waals surface area contributed by atoms with Crippen LogP contribution in [0.1, 0.15) is 10.5 Å². The highest BCUT2D eigenvalue weighted by Crippen LogP contribution is 2.36. The molecule has 1 heterocycles. The molecule has 2 rings (SSSR count). The van der Waals surface area contributed by atoms with Gasteiger partial charge in [-0.05, 0) is 18.2 Å². The Hall–Kier alpha value is -1.92. The number of ether oxygens (including phenoxy) is 2. The molecule has 0 unspecified atom stereocenters. The Labute approximate surface area is 134 Å². The van der Waals surface area contributed by atoms with E-state index >= 15 is 0 Å². The molecule has 0 N–H and O–H groups in total. The normalized spacial score (nSPS) is 10.5. The maximum absolute atomic E-state index is 14.3. The van der Waals surface area contributed by atoms with E-state index in [4.69, 9.17) is 27.9 Å². The zero-order valence-electron chi connectivity index (χ0n) is 11.4. The minimum absolute atomic E-state index is 0.0197. The molecule has 0 aliphatic rings. The number of aromatic nitrogens is 1. The Morgan fingerprint density at radius 3 is 2.45 bits per heavy atom. The number of rotatable bonds is 3. The van der Waals surface area contributed by atoms with Crippen LogP contribution in [-0.2, 0) is 4.74 Å². The maximum Gasteiger partial charge on any atom is 0.358 e. The second-order valence-electron chi connectivity index (χ2n) is 4.08. The van der Waals surface area contributed by atoms with Crippen molar-refractivity contribution in [3.05, 3.63) is 45.6 Å². The van der Waals surface area contributed by atoms with Crippen LogP contribution in [-0.4, -0.2) is 25.2 Å². The standard InChI is InChI=1S/C14H9Cl2F2NO3/c1-21-13-7(15)4-3-6(10(13)18)11-9(17)5-8(16)12(19-11)14(20)22-2/h3-5H,1-2H3. The molecule has 8 heteroatoms. The van der Waals surface area contributed by atoms with Crippen LogP contribution in [0.2, 0.25) is 10.0 Å². The van der Waals surface area contributed by atoms with Crippen molar-refractivity contribution in [3.63, 3.8) is 0 Å². The van der Waals surface area contributed by atoms with Gasteiger partial charge in [0, 0.05) is 5.56 Å². The molecule has 0 aliphatic carbocycles. The second kappa shape index (κ2) is 6.46. The summed E-state index contributed by atoms with van der Waals surface area (Å²) in [6, 6.07) is 3.41. The van der Waals surface area contributed by atoms with Gasteiger partial charge in [-0.3, -0.25) is 0 Å². The first kappa shape index (κ1) is 16.5. The van der Waals surface area contributed by atoms with E-state index in [-0.39, 0.29) is 27.1 Å². The van der Waals surface area contributed by atoms with Crippen molar-refractivity contribution in [2.45, 2.75) is 0 Å². The number of nitrogens with zero attached hydrogens (tertiary/aromatic N) is 1. The summed E-state index contributed by atoms with van der Waals surface area (Å²) in [5.41, 5.74) is -0.952. The highest BCUT2D eigenvalue weighted by Gasteiger charge is 2.22. The maximum atomic E-state index is 14.3. The third-order valence-electron chi connectivity index (χ3n) is 2.82. The number of carbonyl (C=O) groups excluding carboxylic acids is 1. The van der Waals surface area contributed by atoms with Crippen molar-refractivity contribution in [2.75, 3.05) is 14.2 Å². The van der Waals surface area contributed by atoms with E-state index in [1.54, 1.807) is 0 Å². The van der Waals surface area contributed by atoms with Crippen molar-refractivity contribution in [3.8, 4) is 17.0 Å². The lowest BCUT2D eigenvalue weighted by Crippen LogP contribution is -2.08. The molecule has 0 saturated carbocycles. The summed E-state index contributed by atoms with van der Waals surface area (Å²) in [7, 11) is 2.34. The average molecular weight is 348 g/mol. The smallest absolute Gasteiger partial charge is 0.358 e. The Bertz CT molecular complexity index is 753. The van der Waals surface area contributed by atoms with Crippen molar-refractivity contribution in [1.29, 1.82) is 0 Å². The quantitative estimate of drug-likeness (QED) is 0.783. The van der Waals surface area contributed by atoms with E-state index in [2.05, 4.69) is 9.72 Å². The Balaban J connectivity index is 2.70. The number of halogens is 4. The van der Waals surface area contributed by atoms with E-state index in [9.17, 15) is 13.6 Å². The molecule has 0 atom stereocenters. The number of hydrogen-bond donors (Lipinski definition) is 0. The van der Waals surface area contributed by atoms with Crippen LogP contribution in [0.5, 0.6) is 5.75 Å². The molecular formula is C14H9Cl2F2NO3. The summed E-state index contributed by atoms with van der Waals surface area (Å²) in [6.45, 7) is 0. The third kappa shape index (κ3) is 2.84. The molecule has 0 spiro atoms. The summed E-state index contributed by atoms with van der Waals surface area (Å²) in [5.74, 6) is -2.93. The molecular weight excluding hydrogens is 339 g/mol. The molecule has 4 nitrogen and oxygen atoms in total. The van der Waals surface area contributed by atoms with Gasteiger partial charge < -0.3 is 9.47 Å². The van der Waals surface area contributed by atoms with Crippen LogP contribution in [0.4, 0.5) is 8.78 Å². The number of carbonyl (C=O) groups is 1. The van der Waals surface area contributed by atoms with Crippen LogP contribution in [0.3, 0.4) is 0 Å². The predicted octanol–water partition coefficient (Wildman–Crippen LogP) is 4.13. The molecule has 2 aromatic rings.